The lowest BCUT2D eigenvalue weighted by molar-refractivity contribution is -0.166. The number of carbonyl (C=O) groups is 2. The zero-order valence-electron chi connectivity index (χ0n) is 15.4. The zero-order valence-corrected chi connectivity index (χ0v) is 16.2. The Morgan fingerprint density at radius 1 is 0.724 bits per heavy atom. The summed E-state index contributed by atoms with van der Waals surface area (Å²) in [5.41, 5.74) is 0. The Balaban J connectivity index is 1.51. The van der Waals surface area contributed by atoms with Crippen LogP contribution < -0.4 is 9.47 Å². The molecule has 154 valence electrons. The van der Waals surface area contributed by atoms with Gasteiger partial charge in [-0.2, -0.15) is 0 Å². The van der Waals surface area contributed by atoms with Crippen molar-refractivity contribution in [3.8, 4) is 11.5 Å². The maximum atomic E-state index is 12.0. The van der Waals surface area contributed by atoms with Crippen molar-refractivity contribution in [1.29, 1.82) is 0 Å². The number of benzene rings is 2. The Labute approximate surface area is 168 Å². The molecule has 0 unspecified atom stereocenters. The van der Waals surface area contributed by atoms with Crippen molar-refractivity contribution in [3.63, 3.8) is 0 Å². The highest BCUT2D eigenvalue weighted by atomic mass is 32.2. The minimum atomic E-state index is -3.51. The summed E-state index contributed by atoms with van der Waals surface area (Å²) in [4.78, 5) is 24.0. The van der Waals surface area contributed by atoms with Crippen LogP contribution in [-0.4, -0.2) is 57.3 Å². The molecule has 2 aromatic carbocycles. The van der Waals surface area contributed by atoms with Crippen molar-refractivity contribution >= 4 is 21.8 Å². The van der Waals surface area contributed by atoms with Gasteiger partial charge in [0.15, 0.2) is 35.3 Å². The van der Waals surface area contributed by atoms with Gasteiger partial charge in [0.05, 0.1) is 11.5 Å². The molecule has 1 saturated heterocycles. The van der Waals surface area contributed by atoms with E-state index in [0.29, 0.717) is 11.5 Å². The molecule has 1 aliphatic rings. The van der Waals surface area contributed by atoms with Crippen molar-refractivity contribution in [2.75, 3.05) is 24.7 Å². The highest BCUT2D eigenvalue weighted by Crippen LogP contribution is 2.20. The molecule has 0 spiro atoms. The maximum Gasteiger partial charge on any atom is 0.344 e. The van der Waals surface area contributed by atoms with Gasteiger partial charge in [0.1, 0.15) is 11.5 Å². The molecule has 29 heavy (non-hydrogen) atoms. The second-order valence-electron chi connectivity index (χ2n) is 6.34. The third kappa shape index (κ3) is 6.49. The van der Waals surface area contributed by atoms with Crippen LogP contribution in [0.3, 0.4) is 0 Å². The lowest BCUT2D eigenvalue weighted by atomic mass is 10.2. The lowest BCUT2D eigenvalue weighted by Crippen LogP contribution is -2.36. The number of rotatable bonds is 8. The molecule has 1 fully saturated rings. The van der Waals surface area contributed by atoms with Crippen LogP contribution in [0.2, 0.25) is 0 Å². The first-order chi connectivity index (χ1) is 13.9. The monoisotopic (exact) mass is 420 g/mol. The summed E-state index contributed by atoms with van der Waals surface area (Å²) in [6, 6.07) is 17.3. The van der Waals surface area contributed by atoms with Gasteiger partial charge in [-0.3, -0.25) is 0 Å². The van der Waals surface area contributed by atoms with Gasteiger partial charge < -0.3 is 18.9 Å². The van der Waals surface area contributed by atoms with Crippen LogP contribution in [0.1, 0.15) is 0 Å². The molecule has 0 aromatic heterocycles. The molecule has 9 heteroatoms. The van der Waals surface area contributed by atoms with Crippen molar-refractivity contribution in [2.45, 2.75) is 12.2 Å². The number of hydrogen-bond donors (Lipinski definition) is 0. The Morgan fingerprint density at radius 3 is 1.48 bits per heavy atom. The fraction of sp³-hybridized carbons (Fsp3) is 0.300. The van der Waals surface area contributed by atoms with Crippen LogP contribution in [0.25, 0.3) is 0 Å². The van der Waals surface area contributed by atoms with E-state index in [4.69, 9.17) is 18.9 Å². The highest BCUT2D eigenvalue weighted by Gasteiger charge is 2.43. The van der Waals surface area contributed by atoms with E-state index in [1.54, 1.807) is 60.7 Å². The average Bonchev–Trinajstić information content (AvgIpc) is 2.99. The summed E-state index contributed by atoms with van der Waals surface area (Å²) in [6.07, 6.45) is -2.18. The summed E-state index contributed by atoms with van der Waals surface area (Å²) < 4.78 is 44.8. The largest absolute Gasteiger partial charge is 0.482 e. The Bertz CT molecular complexity index is 856. The number of esters is 2. The van der Waals surface area contributed by atoms with Crippen LogP contribution in [0.4, 0.5) is 0 Å². The summed E-state index contributed by atoms with van der Waals surface area (Å²) in [5.74, 6) is -1.38. The highest BCUT2D eigenvalue weighted by molar-refractivity contribution is 7.91. The zero-order chi connectivity index (χ0) is 20.7. The SMILES string of the molecule is O=C(COc1ccccc1)O[C@H]1CS(=O)(=O)C[C@@H]1OC(=O)COc1ccccc1. The third-order valence-electron chi connectivity index (χ3n) is 4.02. The predicted octanol–water partition coefficient (Wildman–Crippen LogP) is 1.40. The number of ether oxygens (including phenoxy) is 4. The van der Waals surface area contributed by atoms with Gasteiger partial charge in [-0.05, 0) is 24.3 Å². The summed E-state index contributed by atoms with van der Waals surface area (Å²) in [6.45, 7) is -0.781. The van der Waals surface area contributed by atoms with Gasteiger partial charge >= 0.3 is 11.9 Å². The molecular formula is C20H20O8S. The minimum absolute atomic E-state index is 0.391. The topological polar surface area (TPSA) is 105 Å². The van der Waals surface area contributed by atoms with E-state index in [1.165, 1.54) is 0 Å². The second kappa shape index (κ2) is 9.42. The van der Waals surface area contributed by atoms with Crippen molar-refractivity contribution in [1.82, 2.24) is 0 Å². The first kappa shape index (κ1) is 20.7. The molecule has 1 aliphatic heterocycles. The molecule has 0 aliphatic carbocycles. The van der Waals surface area contributed by atoms with E-state index in [1.807, 2.05) is 0 Å². The molecule has 8 nitrogen and oxygen atoms in total. The number of para-hydroxylation sites is 2. The molecule has 0 saturated carbocycles. The normalized spacial score (nSPS) is 19.9. The Hall–Kier alpha value is -3.07. The summed E-state index contributed by atoms with van der Waals surface area (Å²) >= 11 is 0. The van der Waals surface area contributed by atoms with Crippen molar-refractivity contribution < 1.29 is 37.0 Å². The minimum Gasteiger partial charge on any atom is -0.482 e. The maximum absolute atomic E-state index is 12.0. The fourth-order valence-corrected chi connectivity index (χ4v) is 4.43. The van der Waals surface area contributed by atoms with Crippen LogP contribution >= 0.6 is 0 Å². The first-order valence-electron chi connectivity index (χ1n) is 8.86. The van der Waals surface area contributed by atoms with Gasteiger partial charge in [-0.15, -0.1) is 0 Å². The molecule has 0 bridgehead atoms. The van der Waals surface area contributed by atoms with E-state index in [-0.39, 0.29) is 0 Å². The van der Waals surface area contributed by atoms with Gasteiger partial charge in [0.25, 0.3) is 0 Å². The van der Waals surface area contributed by atoms with Gasteiger partial charge in [0, 0.05) is 0 Å². The van der Waals surface area contributed by atoms with E-state index >= 15 is 0 Å². The molecule has 2 atom stereocenters. The Morgan fingerprint density at radius 2 is 1.10 bits per heavy atom. The molecular weight excluding hydrogens is 400 g/mol. The van der Waals surface area contributed by atoms with Crippen LogP contribution in [0.5, 0.6) is 11.5 Å². The van der Waals surface area contributed by atoms with Gasteiger partial charge in [-0.1, -0.05) is 36.4 Å². The van der Waals surface area contributed by atoms with Gasteiger partial charge in [-0.25, -0.2) is 18.0 Å². The van der Waals surface area contributed by atoms with Gasteiger partial charge in [0.2, 0.25) is 0 Å². The average molecular weight is 420 g/mol. The summed E-state index contributed by atoms with van der Waals surface area (Å²) in [5, 5.41) is 0. The van der Waals surface area contributed by atoms with E-state index in [0.717, 1.165) is 0 Å². The van der Waals surface area contributed by atoms with Crippen molar-refractivity contribution in [3.05, 3.63) is 60.7 Å². The first-order valence-corrected chi connectivity index (χ1v) is 10.7. The predicted molar refractivity (Wildman–Crippen MR) is 102 cm³/mol. The van der Waals surface area contributed by atoms with Crippen LogP contribution in [0, 0.1) is 0 Å². The number of sulfone groups is 1. The van der Waals surface area contributed by atoms with E-state index < -0.39 is 58.7 Å². The number of hydrogen-bond acceptors (Lipinski definition) is 8. The Kier molecular flexibility index (Phi) is 6.71. The smallest absolute Gasteiger partial charge is 0.344 e. The molecule has 3 rings (SSSR count). The second-order valence-corrected chi connectivity index (χ2v) is 8.49. The third-order valence-corrected chi connectivity index (χ3v) is 5.69. The van der Waals surface area contributed by atoms with Crippen molar-refractivity contribution in [2.24, 2.45) is 0 Å². The molecule has 0 amide bonds. The molecule has 1 heterocycles. The fourth-order valence-electron chi connectivity index (χ4n) is 2.73. The number of carbonyl (C=O) groups excluding carboxylic acids is 2. The molecule has 0 radical (unpaired) electrons. The van der Waals surface area contributed by atoms with Crippen LogP contribution in [0.15, 0.2) is 60.7 Å². The van der Waals surface area contributed by atoms with E-state index in [2.05, 4.69) is 0 Å². The molecule has 2 aromatic rings. The molecule has 0 N–H and O–H groups in total. The standard InChI is InChI=1S/C20H20O8S/c21-19(11-25-15-7-3-1-4-8-15)27-17-13-29(23,24)14-18(17)28-20(22)12-26-16-9-5-2-6-10-16/h1-10,17-18H,11-14H2/t17-,18-/m0/s1. The summed E-state index contributed by atoms with van der Waals surface area (Å²) in [7, 11) is -3.51. The lowest BCUT2D eigenvalue weighted by Gasteiger charge is -2.19. The van der Waals surface area contributed by atoms with Crippen LogP contribution in [-0.2, 0) is 28.9 Å². The quantitative estimate of drug-likeness (QED) is 0.590. The van der Waals surface area contributed by atoms with E-state index in [9.17, 15) is 18.0 Å².